The molecule has 1 N–H and O–H groups in total. The van der Waals surface area contributed by atoms with Crippen LogP contribution in [0.15, 0.2) is 30.3 Å². The molecule has 0 bridgehead atoms. The summed E-state index contributed by atoms with van der Waals surface area (Å²) in [5, 5.41) is 9.17. The fraction of sp³-hybridized carbons (Fsp3) is 0.400. The van der Waals surface area contributed by atoms with Crippen molar-refractivity contribution in [2.75, 3.05) is 6.54 Å². The molecule has 2 aliphatic rings. The number of benzene rings is 1. The van der Waals surface area contributed by atoms with E-state index < -0.39 is 5.97 Å². The van der Waals surface area contributed by atoms with Crippen molar-refractivity contribution in [1.82, 2.24) is 0 Å². The molecule has 2 unspecified atom stereocenters. The molecule has 0 amide bonds. The van der Waals surface area contributed by atoms with E-state index in [1.54, 1.807) is 0 Å². The molecule has 2 heterocycles. The smallest absolute Gasteiger partial charge is 0.317 e. The molecule has 0 saturated heterocycles. The summed E-state index contributed by atoms with van der Waals surface area (Å²) in [6.07, 6.45) is 2.11. The van der Waals surface area contributed by atoms with Gasteiger partial charge in [0.2, 0.25) is 11.8 Å². The van der Waals surface area contributed by atoms with Crippen LogP contribution in [-0.4, -0.2) is 39.7 Å². The summed E-state index contributed by atoms with van der Waals surface area (Å²) in [6.45, 7) is 0.690. The van der Waals surface area contributed by atoms with E-state index in [0.29, 0.717) is 18.5 Å². The lowest BCUT2D eigenvalue weighted by atomic mass is 9.96. The summed E-state index contributed by atoms with van der Waals surface area (Å²) >= 11 is 0. The largest absolute Gasteiger partial charge is 0.481 e. The third-order valence-electron chi connectivity index (χ3n) is 4.14. The third-order valence-corrected chi connectivity index (χ3v) is 4.14. The standard InChI is InChI=1S/C15H15NO3/c17-14(10-4-2-1-3-5-10)13-7-6-12-11(15(18)19)8-9-16(12)13/h1-5,11,13H,6-9H2/p+1. The molecule has 4 heteroatoms. The van der Waals surface area contributed by atoms with Crippen LogP contribution in [0, 0.1) is 5.92 Å². The summed E-state index contributed by atoms with van der Waals surface area (Å²) in [6, 6.07) is 9.09. The molecule has 1 aromatic rings. The molecule has 0 spiro atoms. The SMILES string of the molecule is O=C(O)C1CC[N+]2=C1CCC2C(=O)c1ccccc1. The third kappa shape index (κ3) is 1.97. The fourth-order valence-electron chi connectivity index (χ4n) is 3.23. The molecular weight excluding hydrogens is 242 g/mol. The molecule has 0 aromatic heterocycles. The Kier molecular flexibility index (Phi) is 2.93. The summed E-state index contributed by atoms with van der Waals surface area (Å²) in [5.74, 6) is -1.03. The van der Waals surface area contributed by atoms with Gasteiger partial charge in [-0.1, -0.05) is 30.3 Å². The van der Waals surface area contributed by atoms with E-state index in [0.717, 1.165) is 18.6 Å². The number of carboxylic acids is 1. The van der Waals surface area contributed by atoms with Crippen LogP contribution in [0.1, 0.15) is 29.6 Å². The van der Waals surface area contributed by atoms with Crippen LogP contribution in [0.25, 0.3) is 0 Å². The second-order valence-electron chi connectivity index (χ2n) is 5.15. The molecule has 0 fully saturated rings. The van der Waals surface area contributed by atoms with Gasteiger partial charge in [-0.3, -0.25) is 9.59 Å². The minimum absolute atomic E-state index is 0.113. The number of nitrogens with zero attached hydrogens (tertiary/aromatic N) is 1. The van der Waals surface area contributed by atoms with Crippen molar-refractivity contribution in [3.63, 3.8) is 0 Å². The number of Topliss-reactive ketones (excluding diaryl/α,β-unsaturated/α-hetero) is 1. The highest BCUT2D eigenvalue weighted by Gasteiger charge is 2.48. The van der Waals surface area contributed by atoms with E-state index in [1.165, 1.54) is 0 Å². The number of carbonyl (C=O) groups is 2. The maximum atomic E-state index is 12.5. The fourth-order valence-corrected chi connectivity index (χ4v) is 3.23. The van der Waals surface area contributed by atoms with Crippen molar-refractivity contribution in [2.45, 2.75) is 25.3 Å². The number of hydrogen-bond acceptors (Lipinski definition) is 2. The van der Waals surface area contributed by atoms with E-state index in [1.807, 2.05) is 34.9 Å². The first kappa shape index (κ1) is 12.1. The summed E-state index contributed by atoms with van der Waals surface area (Å²) < 4.78 is 2.02. The highest BCUT2D eigenvalue weighted by atomic mass is 16.4. The minimum Gasteiger partial charge on any atom is -0.481 e. The molecule has 1 aromatic carbocycles. The van der Waals surface area contributed by atoms with Crippen molar-refractivity contribution in [3.8, 4) is 0 Å². The van der Waals surface area contributed by atoms with Crippen LogP contribution in [0.2, 0.25) is 0 Å². The number of rotatable bonds is 3. The van der Waals surface area contributed by atoms with Crippen molar-refractivity contribution < 1.29 is 19.3 Å². The normalized spacial score (nSPS) is 25.5. The van der Waals surface area contributed by atoms with Gasteiger partial charge in [0.1, 0.15) is 12.5 Å². The first-order valence-corrected chi connectivity index (χ1v) is 6.63. The summed E-state index contributed by atoms with van der Waals surface area (Å²) in [7, 11) is 0. The van der Waals surface area contributed by atoms with Gasteiger partial charge in [-0.05, 0) is 0 Å². The Labute approximate surface area is 111 Å². The van der Waals surface area contributed by atoms with Gasteiger partial charge in [-0.2, -0.15) is 0 Å². The quantitative estimate of drug-likeness (QED) is 0.661. The van der Waals surface area contributed by atoms with Crippen molar-refractivity contribution in [1.29, 1.82) is 0 Å². The lowest BCUT2D eigenvalue weighted by Gasteiger charge is -2.07. The van der Waals surface area contributed by atoms with Gasteiger partial charge in [0.05, 0.1) is 0 Å². The second kappa shape index (κ2) is 4.61. The van der Waals surface area contributed by atoms with Gasteiger partial charge in [-0.25, -0.2) is 4.58 Å². The summed E-state index contributed by atoms with van der Waals surface area (Å²) in [4.78, 5) is 23.6. The molecule has 3 rings (SSSR count). The predicted octanol–water partition coefficient (Wildman–Crippen LogP) is 1.59. The van der Waals surface area contributed by atoms with E-state index in [2.05, 4.69) is 0 Å². The number of hydrogen-bond donors (Lipinski definition) is 1. The summed E-state index contributed by atoms with van der Waals surface area (Å²) in [5.41, 5.74) is 1.66. The molecule has 0 saturated carbocycles. The Morgan fingerprint density at radius 2 is 1.89 bits per heavy atom. The van der Waals surface area contributed by atoms with E-state index >= 15 is 0 Å². The number of carboxylic acid groups (broad SMARTS) is 1. The van der Waals surface area contributed by atoms with E-state index in [4.69, 9.17) is 5.11 Å². The Morgan fingerprint density at radius 1 is 1.16 bits per heavy atom. The topological polar surface area (TPSA) is 57.4 Å². The van der Waals surface area contributed by atoms with Gasteiger partial charge >= 0.3 is 5.97 Å². The van der Waals surface area contributed by atoms with Crippen LogP contribution < -0.4 is 0 Å². The average Bonchev–Trinajstić information content (AvgIpc) is 2.99. The monoisotopic (exact) mass is 258 g/mol. The predicted molar refractivity (Wildman–Crippen MR) is 69.7 cm³/mol. The van der Waals surface area contributed by atoms with Gasteiger partial charge < -0.3 is 5.11 Å². The highest BCUT2D eigenvalue weighted by Crippen LogP contribution is 2.28. The number of carbonyl (C=O) groups excluding carboxylic acids is 1. The van der Waals surface area contributed by atoms with Crippen LogP contribution in [0.3, 0.4) is 0 Å². The number of ketones is 1. The molecule has 4 nitrogen and oxygen atoms in total. The first-order chi connectivity index (χ1) is 9.18. The zero-order chi connectivity index (χ0) is 13.4. The Hall–Kier alpha value is -1.97. The molecular formula is C15H16NO3+. The minimum atomic E-state index is -0.759. The Bertz CT molecular complexity index is 562. The zero-order valence-corrected chi connectivity index (χ0v) is 10.6. The molecule has 19 heavy (non-hydrogen) atoms. The lowest BCUT2D eigenvalue weighted by Crippen LogP contribution is -2.30. The van der Waals surface area contributed by atoms with Crippen LogP contribution in [0.4, 0.5) is 0 Å². The Morgan fingerprint density at radius 3 is 2.58 bits per heavy atom. The van der Waals surface area contributed by atoms with Crippen LogP contribution in [0.5, 0.6) is 0 Å². The molecule has 2 aliphatic heterocycles. The average molecular weight is 258 g/mol. The molecule has 0 radical (unpaired) electrons. The van der Waals surface area contributed by atoms with Crippen LogP contribution in [-0.2, 0) is 4.79 Å². The zero-order valence-electron chi connectivity index (χ0n) is 10.6. The van der Waals surface area contributed by atoms with Gasteiger partial charge in [-0.15, -0.1) is 0 Å². The van der Waals surface area contributed by atoms with Crippen molar-refractivity contribution >= 4 is 17.5 Å². The van der Waals surface area contributed by atoms with E-state index in [-0.39, 0.29) is 17.7 Å². The Balaban J connectivity index is 1.87. The lowest BCUT2D eigenvalue weighted by molar-refractivity contribution is -0.535. The highest BCUT2D eigenvalue weighted by molar-refractivity contribution is 6.04. The maximum Gasteiger partial charge on any atom is 0.317 e. The molecule has 0 aliphatic carbocycles. The van der Waals surface area contributed by atoms with Gasteiger partial charge in [0.25, 0.3) is 0 Å². The van der Waals surface area contributed by atoms with Crippen molar-refractivity contribution in [2.24, 2.45) is 5.92 Å². The van der Waals surface area contributed by atoms with Crippen LogP contribution >= 0.6 is 0 Å². The number of aliphatic carboxylic acids is 1. The van der Waals surface area contributed by atoms with Gasteiger partial charge in [0.15, 0.2) is 5.71 Å². The molecule has 98 valence electrons. The first-order valence-electron chi connectivity index (χ1n) is 6.63. The second-order valence-corrected chi connectivity index (χ2v) is 5.15. The van der Waals surface area contributed by atoms with Gasteiger partial charge in [0, 0.05) is 24.8 Å². The van der Waals surface area contributed by atoms with Crippen molar-refractivity contribution in [3.05, 3.63) is 35.9 Å². The maximum absolute atomic E-state index is 12.5. The molecule has 2 atom stereocenters. The van der Waals surface area contributed by atoms with E-state index in [9.17, 15) is 9.59 Å².